The van der Waals surface area contributed by atoms with Crippen LogP contribution in [0, 0.1) is 29.8 Å². The van der Waals surface area contributed by atoms with Crippen LogP contribution in [0.25, 0.3) is 0 Å². The molecule has 4 aliphatic rings. The van der Waals surface area contributed by atoms with Crippen LogP contribution in [0.5, 0.6) is 0 Å². The molecule has 2 unspecified atom stereocenters. The highest BCUT2D eigenvalue weighted by molar-refractivity contribution is 7.87. The maximum absolute atomic E-state index is 13.8. The van der Waals surface area contributed by atoms with Crippen molar-refractivity contribution in [3.05, 3.63) is 66.8 Å². The van der Waals surface area contributed by atoms with Crippen LogP contribution in [0.15, 0.2) is 48.5 Å². The minimum Gasteiger partial charge on any atom is -0.465 e. The molecule has 48 heavy (non-hydrogen) atoms. The lowest BCUT2D eigenvalue weighted by atomic mass is 9.42. The van der Waals surface area contributed by atoms with Gasteiger partial charge in [-0.2, -0.15) is 26.0 Å². The van der Waals surface area contributed by atoms with Crippen LogP contribution < -0.4 is 21.2 Å². The minimum absolute atomic E-state index is 0.00354. The van der Waals surface area contributed by atoms with Gasteiger partial charge in [-0.05, 0) is 121 Å². The van der Waals surface area contributed by atoms with Gasteiger partial charge in [0.25, 0.3) is 0 Å². The number of alkyl halides is 4. The Balaban J connectivity index is 1.19. The molecule has 0 aromatic heterocycles. The Morgan fingerprint density at radius 3 is 1.88 bits per heavy atom. The summed E-state index contributed by atoms with van der Waals surface area (Å²) in [5.41, 5.74) is 2.00. The van der Waals surface area contributed by atoms with Gasteiger partial charge in [0.05, 0.1) is 12.0 Å². The largest absolute Gasteiger partial charge is 0.465 e. The number of carbonyl (C=O) groups is 1. The van der Waals surface area contributed by atoms with Crippen molar-refractivity contribution in [1.29, 1.82) is 0 Å². The Hall–Kier alpha value is -1.73. The van der Waals surface area contributed by atoms with E-state index in [1.165, 1.54) is 18.3 Å². The Bertz CT molecular complexity index is 1570. The third-order valence-electron chi connectivity index (χ3n) is 10.9. The van der Waals surface area contributed by atoms with E-state index in [9.17, 15) is 30.8 Å². The molecular formula is C37H48F4IO5S+. The van der Waals surface area contributed by atoms with Gasteiger partial charge >= 0.3 is 48.5 Å². The summed E-state index contributed by atoms with van der Waals surface area (Å²) in [5.74, 6) is -4.43. The average Bonchev–Trinajstić information content (AvgIpc) is 2.95. The molecule has 0 spiro atoms. The number of halogens is 5. The second-order valence-corrected chi connectivity index (χ2v) is 20.9. The summed E-state index contributed by atoms with van der Waals surface area (Å²) in [6.45, 7) is 11.0. The summed E-state index contributed by atoms with van der Waals surface area (Å²) in [6.07, 6.45) is 4.35. The molecule has 4 saturated carbocycles. The molecule has 4 bridgehead atoms. The van der Waals surface area contributed by atoms with E-state index < -0.39 is 39.6 Å². The van der Waals surface area contributed by atoms with Crippen molar-refractivity contribution in [3.63, 3.8) is 0 Å². The fourth-order valence-corrected chi connectivity index (χ4v) is 11.8. The van der Waals surface area contributed by atoms with Gasteiger partial charge in [-0.1, -0.05) is 58.9 Å². The summed E-state index contributed by atoms with van der Waals surface area (Å²) in [4.78, 5) is 13.6. The van der Waals surface area contributed by atoms with Gasteiger partial charge < -0.3 is 4.74 Å². The van der Waals surface area contributed by atoms with Gasteiger partial charge in [0.2, 0.25) is 0 Å². The summed E-state index contributed by atoms with van der Waals surface area (Å²) in [6, 6.07) is 18.0. The van der Waals surface area contributed by atoms with Gasteiger partial charge in [-0.25, -0.2) is 0 Å². The molecule has 11 heteroatoms. The first-order valence-electron chi connectivity index (χ1n) is 16.8. The summed E-state index contributed by atoms with van der Waals surface area (Å²) in [7, 11) is -6.27. The Kier molecular flexibility index (Phi) is 10.2. The van der Waals surface area contributed by atoms with Crippen LogP contribution in [0.1, 0.15) is 110 Å². The molecule has 0 saturated heterocycles. The Labute approximate surface area is 293 Å². The quantitative estimate of drug-likeness (QED) is 0.0859. The van der Waals surface area contributed by atoms with E-state index in [-0.39, 0.29) is 56.4 Å². The predicted molar refractivity (Wildman–Crippen MR) is 172 cm³/mol. The molecule has 2 atom stereocenters. The fraction of sp³-hybridized carbons (Fsp3) is 0.649. The predicted octanol–water partition coefficient (Wildman–Crippen LogP) is 6.20. The average molecular weight is 808 g/mol. The number of carbonyl (C=O) groups excluding carboxylic acids is 1. The molecule has 266 valence electrons. The first kappa shape index (κ1) is 37.5. The van der Waals surface area contributed by atoms with E-state index in [2.05, 4.69) is 83.1 Å². The summed E-state index contributed by atoms with van der Waals surface area (Å²) >= 11 is -0.294. The van der Waals surface area contributed by atoms with Crippen molar-refractivity contribution in [1.82, 2.24) is 0 Å². The van der Waals surface area contributed by atoms with E-state index in [0.29, 0.717) is 11.8 Å². The van der Waals surface area contributed by atoms with Crippen LogP contribution in [0.3, 0.4) is 0 Å². The maximum atomic E-state index is 13.8. The molecule has 0 amide bonds. The van der Waals surface area contributed by atoms with E-state index in [1.807, 2.05) is 0 Å². The molecular weight excluding hydrogens is 759 g/mol. The standard InChI is InChI=1S/C37H47F4IO5S/c1-32(2,3)27-8-12-29(13-9-27)42-30-14-10-28(11-15-30)33(4,5)23-34-19-25-18-26(20-34)22-35(21-25,24-34)31(43)47-17-7-6-16-36(38,39)37(40,41)48(44,45)46/h8-15,25-26H,6-7,16-24H2,1-5H3/p+1. The highest BCUT2D eigenvalue weighted by atomic mass is 127. The van der Waals surface area contributed by atoms with E-state index in [0.717, 1.165) is 44.9 Å². The first-order valence-corrected chi connectivity index (χ1v) is 20.4. The second-order valence-electron chi connectivity index (χ2n) is 16.4. The van der Waals surface area contributed by atoms with Gasteiger partial charge in [-0.15, -0.1) is 0 Å². The smallest absolute Gasteiger partial charge is 0.431 e. The van der Waals surface area contributed by atoms with E-state index in [4.69, 9.17) is 9.29 Å². The molecule has 6 rings (SSSR count). The van der Waals surface area contributed by atoms with Gasteiger partial charge in [-0.3, -0.25) is 9.35 Å². The zero-order valence-corrected chi connectivity index (χ0v) is 31.4. The molecule has 4 aliphatic carbocycles. The monoisotopic (exact) mass is 807 g/mol. The number of hydrogen-bond acceptors (Lipinski definition) is 4. The Morgan fingerprint density at radius 1 is 0.854 bits per heavy atom. The van der Waals surface area contributed by atoms with E-state index in [1.54, 1.807) is 0 Å². The van der Waals surface area contributed by atoms with Crippen molar-refractivity contribution in [2.24, 2.45) is 22.7 Å². The SMILES string of the molecule is CC(C)(C)c1ccc([I+]c2ccc(C(C)(C)CC34CC5CC(C3)CC(C(=O)OCCCCC(F)(F)C(F)(F)S(=O)(=O)O)(C5)C4)cc2)cc1. The van der Waals surface area contributed by atoms with Crippen molar-refractivity contribution in [3.8, 4) is 0 Å². The van der Waals surface area contributed by atoms with Gasteiger partial charge in [0, 0.05) is 6.42 Å². The number of rotatable bonds is 13. The highest BCUT2D eigenvalue weighted by Crippen LogP contribution is 2.68. The molecule has 0 radical (unpaired) electrons. The molecule has 1 N–H and O–H groups in total. The summed E-state index contributed by atoms with van der Waals surface area (Å²) < 4.78 is 93.0. The van der Waals surface area contributed by atoms with Crippen molar-refractivity contribution < 1.29 is 61.3 Å². The van der Waals surface area contributed by atoms with Crippen molar-refractivity contribution in [2.75, 3.05) is 6.61 Å². The lowest BCUT2D eigenvalue weighted by Gasteiger charge is -2.62. The lowest BCUT2D eigenvalue weighted by Crippen LogP contribution is -3.61. The van der Waals surface area contributed by atoms with Crippen molar-refractivity contribution >= 4 is 16.1 Å². The molecule has 5 nitrogen and oxygen atoms in total. The number of esters is 1. The Morgan fingerprint density at radius 2 is 1.38 bits per heavy atom. The number of benzene rings is 2. The molecule has 0 heterocycles. The normalized spacial score (nSPS) is 26.1. The highest BCUT2D eigenvalue weighted by Gasteiger charge is 2.65. The summed E-state index contributed by atoms with van der Waals surface area (Å²) in [5, 5.41) is -5.58. The molecule has 0 aliphatic heterocycles. The first-order chi connectivity index (χ1) is 22.1. The third-order valence-corrected chi connectivity index (χ3v) is 14.5. The van der Waals surface area contributed by atoms with Crippen LogP contribution in [-0.2, 0) is 30.5 Å². The number of ether oxygens (including phenoxy) is 1. The number of unbranched alkanes of at least 4 members (excludes halogenated alkanes) is 1. The maximum Gasteiger partial charge on any atom is 0.431 e. The van der Waals surface area contributed by atoms with Crippen LogP contribution in [0.4, 0.5) is 17.6 Å². The molecule has 4 fully saturated rings. The zero-order valence-electron chi connectivity index (χ0n) is 28.4. The van der Waals surface area contributed by atoms with Crippen LogP contribution in [-0.4, -0.2) is 36.7 Å². The van der Waals surface area contributed by atoms with Gasteiger partial charge in [0.1, 0.15) is 0 Å². The molecule has 2 aromatic carbocycles. The van der Waals surface area contributed by atoms with Crippen LogP contribution in [0.2, 0.25) is 0 Å². The van der Waals surface area contributed by atoms with Gasteiger partial charge in [0.15, 0.2) is 7.14 Å². The lowest BCUT2D eigenvalue weighted by molar-refractivity contribution is -0.597. The number of hydrogen-bond donors (Lipinski definition) is 1. The molecule has 2 aromatic rings. The fourth-order valence-electron chi connectivity index (χ4n) is 9.14. The second kappa shape index (κ2) is 13.1. The van der Waals surface area contributed by atoms with E-state index >= 15 is 0 Å². The third kappa shape index (κ3) is 7.77. The topological polar surface area (TPSA) is 80.7 Å². The minimum atomic E-state index is -6.27. The van der Waals surface area contributed by atoms with Crippen molar-refractivity contribution in [2.45, 2.75) is 121 Å². The zero-order chi connectivity index (χ0) is 35.4. The van der Waals surface area contributed by atoms with Crippen LogP contribution >= 0.6 is 0 Å².